The first-order valence-corrected chi connectivity index (χ1v) is 13.4. The zero-order chi connectivity index (χ0) is 29.5. The van der Waals surface area contributed by atoms with Gasteiger partial charge in [-0.1, -0.05) is 71.3 Å². The summed E-state index contributed by atoms with van der Waals surface area (Å²) < 4.78 is 6.28. The Labute approximate surface area is 243 Å². The van der Waals surface area contributed by atoms with Crippen LogP contribution in [0.1, 0.15) is 33.9 Å². The summed E-state index contributed by atoms with van der Waals surface area (Å²) in [5.74, 6) is -0.463. The van der Waals surface area contributed by atoms with E-state index in [9.17, 15) is 19.7 Å². The summed E-state index contributed by atoms with van der Waals surface area (Å²) in [6.07, 6.45) is 0. The monoisotopic (exact) mass is 581 g/mol. The maximum absolute atomic E-state index is 13.5. The van der Waals surface area contributed by atoms with Crippen molar-refractivity contribution in [3.05, 3.63) is 143 Å². The molecule has 0 aliphatic heterocycles. The van der Waals surface area contributed by atoms with Gasteiger partial charge in [-0.15, -0.1) is 0 Å². The molecule has 210 valence electrons. The fraction of sp³-hybridized carbons (Fsp3) is 0.0968. The van der Waals surface area contributed by atoms with Crippen LogP contribution >= 0.6 is 11.6 Å². The number of non-ortho nitro benzene ring substituents is 1. The molecule has 0 bridgehead atoms. The number of nitrogens with zero attached hydrogens (tertiary/aromatic N) is 1. The molecule has 0 amide bonds. The van der Waals surface area contributed by atoms with Crippen molar-refractivity contribution in [3.63, 3.8) is 0 Å². The molecule has 3 heterocycles. The van der Waals surface area contributed by atoms with Crippen molar-refractivity contribution in [1.29, 1.82) is 0 Å². The van der Waals surface area contributed by atoms with Gasteiger partial charge in [-0.3, -0.25) is 40.1 Å². The summed E-state index contributed by atoms with van der Waals surface area (Å²) in [7, 11) is 0. The maximum atomic E-state index is 13.5. The molecule has 0 saturated heterocycles. The highest BCUT2D eigenvalue weighted by Gasteiger charge is 2.33. The van der Waals surface area contributed by atoms with Gasteiger partial charge in [0.1, 0.15) is 11.5 Å². The highest BCUT2D eigenvalue weighted by Crippen LogP contribution is 2.41. The van der Waals surface area contributed by atoms with Gasteiger partial charge in [0.05, 0.1) is 38.4 Å². The fourth-order valence-electron chi connectivity index (χ4n) is 5.08. The van der Waals surface area contributed by atoms with Crippen LogP contribution in [0.25, 0.3) is 33.8 Å². The summed E-state index contributed by atoms with van der Waals surface area (Å²) in [5, 5.41) is 23.0. The highest BCUT2D eigenvalue weighted by atomic mass is 35.5. The minimum Gasteiger partial charge on any atom is -0.460 e. The molecule has 0 radical (unpaired) electrons. The van der Waals surface area contributed by atoms with E-state index < -0.39 is 22.0 Å². The van der Waals surface area contributed by atoms with Gasteiger partial charge in [-0.05, 0) is 43.2 Å². The van der Waals surface area contributed by atoms with Gasteiger partial charge in [-0.25, -0.2) is 0 Å². The molecular formula is C31H24ClN5O5. The molecule has 0 aliphatic carbocycles. The molecule has 0 fully saturated rings. The van der Waals surface area contributed by atoms with E-state index in [1.807, 2.05) is 62.4 Å². The molecule has 0 spiro atoms. The largest absolute Gasteiger partial charge is 0.460 e. The first kappa shape index (κ1) is 26.9. The zero-order valence-corrected chi connectivity index (χ0v) is 23.2. The maximum Gasteiger partial charge on any atom is 0.270 e. The van der Waals surface area contributed by atoms with Crippen molar-refractivity contribution < 1.29 is 9.34 Å². The van der Waals surface area contributed by atoms with Gasteiger partial charge in [-0.2, -0.15) is 0 Å². The van der Waals surface area contributed by atoms with E-state index in [1.54, 1.807) is 12.1 Å². The van der Waals surface area contributed by atoms with Crippen LogP contribution in [0.3, 0.4) is 0 Å². The normalized spacial score (nSPS) is 11.3. The van der Waals surface area contributed by atoms with Crippen molar-refractivity contribution in [1.82, 2.24) is 20.4 Å². The molecule has 6 aromatic rings. The van der Waals surface area contributed by atoms with Crippen LogP contribution in [0.4, 0.5) is 5.69 Å². The number of nitro benzene ring substituents is 1. The first-order chi connectivity index (χ1) is 20.2. The highest BCUT2D eigenvalue weighted by molar-refractivity contribution is 6.33. The Morgan fingerprint density at radius 3 is 1.76 bits per heavy atom. The van der Waals surface area contributed by atoms with Gasteiger partial charge < -0.3 is 4.42 Å². The van der Waals surface area contributed by atoms with Gasteiger partial charge in [0.25, 0.3) is 16.8 Å². The number of nitro groups is 1. The number of aryl methyl sites for hydroxylation is 2. The number of aromatic amines is 4. The van der Waals surface area contributed by atoms with Crippen LogP contribution in [-0.2, 0) is 0 Å². The third-order valence-corrected chi connectivity index (χ3v) is 7.55. The van der Waals surface area contributed by atoms with Crippen LogP contribution in [0.5, 0.6) is 0 Å². The Balaban J connectivity index is 1.60. The number of aromatic nitrogens is 4. The van der Waals surface area contributed by atoms with E-state index in [1.165, 1.54) is 18.2 Å². The van der Waals surface area contributed by atoms with E-state index in [2.05, 4.69) is 20.4 Å². The summed E-state index contributed by atoms with van der Waals surface area (Å²) in [4.78, 5) is 37.9. The molecule has 3 aromatic heterocycles. The number of hydrogen-bond acceptors (Lipinski definition) is 5. The lowest BCUT2D eigenvalue weighted by molar-refractivity contribution is -0.384. The van der Waals surface area contributed by atoms with E-state index in [0.717, 1.165) is 22.3 Å². The van der Waals surface area contributed by atoms with Crippen LogP contribution in [0.15, 0.2) is 92.9 Å². The van der Waals surface area contributed by atoms with Crippen molar-refractivity contribution in [3.8, 4) is 33.8 Å². The SMILES string of the molecule is Cc1ccc(-c2[nH][nH]c(=O)c2C(c2ccc(-c3cc([N+](=O)[O-])ccc3Cl)o2)c2c(-c3ccc(C)cc3)[nH][nH]c2=O)cc1. The summed E-state index contributed by atoms with van der Waals surface area (Å²) >= 11 is 6.41. The van der Waals surface area contributed by atoms with E-state index in [0.29, 0.717) is 17.0 Å². The number of nitrogens with one attached hydrogen (secondary N) is 4. The molecule has 3 aromatic carbocycles. The van der Waals surface area contributed by atoms with Crippen LogP contribution in [0.2, 0.25) is 5.02 Å². The van der Waals surface area contributed by atoms with E-state index >= 15 is 0 Å². The number of H-pyrrole nitrogens is 4. The third kappa shape index (κ3) is 4.77. The Morgan fingerprint density at radius 1 is 0.738 bits per heavy atom. The predicted octanol–water partition coefficient (Wildman–Crippen LogP) is 6.67. The third-order valence-electron chi connectivity index (χ3n) is 7.23. The van der Waals surface area contributed by atoms with E-state index in [-0.39, 0.29) is 33.4 Å². The summed E-state index contributed by atoms with van der Waals surface area (Å²) in [6.45, 7) is 3.92. The number of furan rings is 1. The molecule has 42 heavy (non-hydrogen) atoms. The van der Waals surface area contributed by atoms with Crippen LogP contribution in [-0.4, -0.2) is 25.3 Å². The molecule has 0 aliphatic rings. The van der Waals surface area contributed by atoms with Crippen LogP contribution in [0, 0.1) is 24.0 Å². The second-order valence-electron chi connectivity index (χ2n) is 10.0. The molecule has 4 N–H and O–H groups in total. The lowest BCUT2D eigenvalue weighted by Gasteiger charge is -2.15. The smallest absolute Gasteiger partial charge is 0.270 e. The molecule has 6 rings (SSSR count). The average Bonchev–Trinajstić information content (AvgIpc) is 3.70. The Hall–Kier alpha value is -5.35. The first-order valence-electron chi connectivity index (χ1n) is 13.0. The summed E-state index contributed by atoms with van der Waals surface area (Å²) in [6, 6.07) is 22.5. The number of benzene rings is 3. The molecule has 0 saturated carbocycles. The minimum atomic E-state index is -0.978. The van der Waals surface area contributed by atoms with Crippen molar-refractivity contribution in [2.75, 3.05) is 0 Å². The fourth-order valence-corrected chi connectivity index (χ4v) is 5.29. The van der Waals surface area contributed by atoms with E-state index in [4.69, 9.17) is 16.0 Å². The average molecular weight is 582 g/mol. The van der Waals surface area contributed by atoms with Gasteiger partial charge in [0.2, 0.25) is 0 Å². The quantitative estimate of drug-likeness (QED) is 0.122. The van der Waals surface area contributed by atoms with Crippen LogP contribution < -0.4 is 11.1 Å². The van der Waals surface area contributed by atoms with Gasteiger partial charge in [0.15, 0.2) is 0 Å². The second-order valence-corrected chi connectivity index (χ2v) is 10.4. The van der Waals surface area contributed by atoms with Gasteiger partial charge >= 0.3 is 0 Å². The lowest BCUT2D eigenvalue weighted by Crippen LogP contribution is -2.19. The number of rotatable bonds is 7. The minimum absolute atomic E-state index is 0.156. The molecule has 0 unspecified atom stereocenters. The summed E-state index contributed by atoms with van der Waals surface area (Å²) in [5.41, 5.74) is 4.36. The Kier molecular flexibility index (Phi) is 6.75. The second kappa shape index (κ2) is 10.6. The standard InChI is InChI=1S/C31H24ClN5O5/c1-16-3-7-18(8-4-16)28-26(30(38)35-33-28)25(27-29(34-36-31(27)39)19-9-5-17(2)6-10-19)24-14-13-23(42-24)21-15-20(37(40)41)11-12-22(21)32/h3-15,25H,1-2H3,(H2,33,35,38)(H2,34,36,39). The molecule has 0 atom stereocenters. The van der Waals surface area contributed by atoms with Gasteiger partial charge in [0, 0.05) is 17.7 Å². The lowest BCUT2D eigenvalue weighted by atomic mass is 9.86. The number of hydrogen-bond donors (Lipinski definition) is 4. The zero-order valence-electron chi connectivity index (χ0n) is 22.4. The molecular weight excluding hydrogens is 558 g/mol. The predicted molar refractivity (Wildman–Crippen MR) is 160 cm³/mol. The Bertz CT molecular complexity index is 1950. The topological polar surface area (TPSA) is 154 Å². The Morgan fingerprint density at radius 2 is 1.26 bits per heavy atom. The van der Waals surface area contributed by atoms with Crippen molar-refractivity contribution in [2.45, 2.75) is 19.8 Å². The van der Waals surface area contributed by atoms with Crippen molar-refractivity contribution in [2.24, 2.45) is 0 Å². The molecule has 10 nitrogen and oxygen atoms in total. The number of halogens is 1. The van der Waals surface area contributed by atoms with Crippen molar-refractivity contribution >= 4 is 17.3 Å². The molecule has 11 heteroatoms.